The number of rotatable bonds is 6. The van der Waals surface area contributed by atoms with Crippen molar-refractivity contribution in [3.05, 3.63) is 88.6 Å². The maximum Gasteiger partial charge on any atom is 0.348 e. The van der Waals surface area contributed by atoms with Crippen LogP contribution in [0.4, 0.5) is 5.82 Å². The molecule has 3 heterocycles. The number of fused-ring (bicyclic) bond motifs is 1. The highest BCUT2D eigenvalue weighted by Crippen LogP contribution is 2.36. The molecule has 0 atom stereocenters. The molecule has 1 fully saturated rings. The third-order valence-electron chi connectivity index (χ3n) is 6.38. The molecule has 0 bridgehead atoms. The highest BCUT2D eigenvalue weighted by Gasteiger charge is 2.29. The summed E-state index contributed by atoms with van der Waals surface area (Å²) in [5, 5.41) is 0.965. The van der Waals surface area contributed by atoms with Gasteiger partial charge in [-0.15, -0.1) is 11.3 Å². The van der Waals surface area contributed by atoms with Gasteiger partial charge in [0.05, 0.1) is 18.0 Å². The van der Waals surface area contributed by atoms with Crippen LogP contribution in [0.15, 0.2) is 67.0 Å². The normalized spacial score (nSPS) is 14.6. The van der Waals surface area contributed by atoms with Gasteiger partial charge in [0, 0.05) is 26.2 Å². The van der Waals surface area contributed by atoms with Crippen molar-refractivity contribution in [1.29, 1.82) is 0 Å². The standard InChI is InChI=1S/C27H28N4O2S/c1-3-33-27(32)24-19(2)22-25(28-18-29-26(22)34-24)31-16-14-30(15-17-31)23(20-10-6-4-7-11-20)21-12-8-5-9-13-21/h4-13,18,23H,3,14-17H2,1-2H3. The zero-order valence-electron chi connectivity index (χ0n) is 19.5. The molecule has 1 aliphatic heterocycles. The van der Waals surface area contributed by atoms with Gasteiger partial charge >= 0.3 is 5.97 Å². The second kappa shape index (κ2) is 9.91. The number of aryl methyl sites for hydroxylation is 1. The molecule has 174 valence electrons. The first-order valence-corrected chi connectivity index (χ1v) is 12.5. The van der Waals surface area contributed by atoms with Gasteiger partial charge in [0.25, 0.3) is 0 Å². The lowest BCUT2D eigenvalue weighted by Gasteiger charge is -2.40. The second-order valence-electron chi connectivity index (χ2n) is 8.40. The lowest BCUT2D eigenvalue weighted by molar-refractivity contribution is 0.0531. The molecule has 0 amide bonds. The average Bonchev–Trinajstić information content (AvgIpc) is 3.23. The fourth-order valence-electron chi connectivity index (χ4n) is 4.76. The summed E-state index contributed by atoms with van der Waals surface area (Å²) in [6.45, 7) is 7.68. The lowest BCUT2D eigenvalue weighted by atomic mass is 9.96. The molecule has 0 radical (unpaired) electrons. The molecular formula is C27H28N4O2S. The molecule has 1 aliphatic rings. The van der Waals surface area contributed by atoms with Crippen LogP contribution in [0.1, 0.15) is 39.3 Å². The highest BCUT2D eigenvalue weighted by atomic mass is 32.1. The van der Waals surface area contributed by atoms with Crippen molar-refractivity contribution in [2.75, 3.05) is 37.7 Å². The summed E-state index contributed by atoms with van der Waals surface area (Å²) >= 11 is 1.39. The van der Waals surface area contributed by atoms with E-state index in [-0.39, 0.29) is 12.0 Å². The number of nitrogens with zero attached hydrogens (tertiary/aromatic N) is 4. The van der Waals surface area contributed by atoms with Crippen LogP contribution in [0.2, 0.25) is 0 Å². The van der Waals surface area contributed by atoms with Gasteiger partial charge in [-0.3, -0.25) is 4.90 Å². The summed E-state index contributed by atoms with van der Waals surface area (Å²) in [4.78, 5) is 27.8. The van der Waals surface area contributed by atoms with Crippen molar-refractivity contribution >= 4 is 33.3 Å². The quantitative estimate of drug-likeness (QED) is 0.365. The Morgan fingerprint density at radius 2 is 1.59 bits per heavy atom. The lowest BCUT2D eigenvalue weighted by Crippen LogP contribution is -2.48. The summed E-state index contributed by atoms with van der Waals surface area (Å²) in [6.07, 6.45) is 1.60. The number of hydrogen-bond donors (Lipinski definition) is 0. The van der Waals surface area contributed by atoms with E-state index in [2.05, 4.69) is 80.4 Å². The summed E-state index contributed by atoms with van der Waals surface area (Å²) in [6, 6.07) is 21.6. The molecule has 7 heteroatoms. The van der Waals surface area contributed by atoms with Gasteiger partial charge in [-0.2, -0.15) is 0 Å². The number of esters is 1. The van der Waals surface area contributed by atoms with E-state index in [1.165, 1.54) is 22.5 Å². The molecule has 2 aromatic carbocycles. The van der Waals surface area contributed by atoms with E-state index in [0.29, 0.717) is 11.5 Å². The van der Waals surface area contributed by atoms with E-state index < -0.39 is 0 Å². The van der Waals surface area contributed by atoms with E-state index >= 15 is 0 Å². The van der Waals surface area contributed by atoms with E-state index in [1.807, 2.05) is 13.8 Å². The predicted molar refractivity (Wildman–Crippen MR) is 137 cm³/mol. The van der Waals surface area contributed by atoms with Crippen LogP contribution in [-0.2, 0) is 4.74 Å². The summed E-state index contributed by atoms with van der Waals surface area (Å²) in [5.41, 5.74) is 3.52. The molecule has 2 aromatic heterocycles. The van der Waals surface area contributed by atoms with Crippen molar-refractivity contribution in [3.8, 4) is 0 Å². The smallest absolute Gasteiger partial charge is 0.348 e. The maximum absolute atomic E-state index is 12.4. The Balaban J connectivity index is 1.41. The number of piperazine rings is 1. The third-order valence-corrected chi connectivity index (χ3v) is 7.56. The molecule has 0 unspecified atom stereocenters. The fraction of sp³-hybridized carbons (Fsp3) is 0.296. The predicted octanol–water partition coefficient (Wildman–Crippen LogP) is 5.09. The number of ether oxygens (including phenoxy) is 1. The first-order valence-electron chi connectivity index (χ1n) is 11.7. The van der Waals surface area contributed by atoms with E-state index in [0.717, 1.165) is 47.8 Å². The summed E-state index contributed by atoms with van der Waals surface area (Å²) < 4.78 is 5.25. The average molecular weight is 473 g/mol. The number of anilines is 1. The first kappa shape index (κ1) is 22.5. The van der Waals surface area contributed by atoms with E-state index in [4.69, 9.17) is 4.74 Å². The maximum atomic E-state index is 12.4. The van der Waals surface area contributed by atoms with Crippen LogP contribution in [0.3, 0.4) is 0 Å². The van der Waals surface area contributed by atoms with Gasteiger partial charge < -0.3 is 9.64 Å². The molecule has 0 saturated carbocycles. The zero-order valence-corrected chi connectivity index (χ0v) is 20.3. The molecule has 0 aliphatic carbocycles. The molecule has 4 aromatic rings. The monoisotopic (exact) mass is 472 g/mol. The van der Waals surface area contributed by atoms with E-state index in [9.17, 15) is 4.79 Å². The molecule has 0 N–H and O–H groups in total. The number of thiophene rings is 1. The van der Waals surface area contributed by atoms with Gasteiger partial charge in [-0.1, -0.05) is 60.7 Å². The third kappa shape index (κ3) is 4.29. The van der Waals surface area contributed by atoms with E-state index in [1.54, 1.807) is 6.33 Å². The minimum absolute atomic E-state index is 0.216. The number of carbonyl (C=O) groups excluding carboxylic acids is 1. The molecule has 34 heavy (non-hydrogen) atoms. The Hall–Kier alpha value is -3.29. The fourth-order valence-corrected chi connectivity index (χ4v) is 5.80. The van der Waals surface area contributed by atoms with Gasteiger partial charge in [0.15, 0.2) is 0 Å². The molecule has 1 saturated heterocycles. The van der Waals surface area contributed by atoms with Crippen LogP contribution in [0.5, 0.6) is 0 Å². The molecule has 5 rings (SSSR count). The Bertz CT molecular complexity index is 1230. The number of hydrogen-bond acceptors (Lipinski definition) is 7. The zero-order chi connectivity index (χ0) is 23.5. The van der Waals surface area contributed by atoms with Crippen molar-refractivity contribution in [3.63, 3.8) is 0 Å². The van der Waals surface area contributed by atoms with Crippen LogP contribution in [0.25, 0.3) is 10.2 Å². The number of benzene rings is 2. The summed E-state index contributed by atoms with van der Waals surface area (Å²) in [5.74, 6) is 0.622. The Morgan fingerprint density at radius 1 is 0.971 bits per heavy atom. The van der Waals surface area contributed by atoms with Crippen LogP contribution in [0, 0.1) is 6.92 Å². The van der Waals surface area contributed by atoms with Crippen LogP contribution in [-0.4, -0.2) is 53.6 Å². The van der Waals surface area contributed by atoms with Crippen molar-refractivity contribution < 1.29 is 9.53 Å². The van der Waals surface area contributed by atoms with Gasteiger partial charge in [0.1, 0.15) is 21.9 Å². The Morgan fingerprint density at radius 3 is 2.18 bits per heavy atom. The number of carbonyl (C=O) groups is 1. The molecule has 6 nitrogen and oxygen atoms in total. The van der Waals surface area contributed by atoms with Gasteiger partial charge in [-0.25, -0.2) is 14.8 Å². The largest absolute Gasteiger partial charge is 0.462 e. The van der Waals surface area contributed by atoms with Crippen LogP contribution < -0.4 is 4.90 Å². The topological polar surface area (TPSA) is 58.6 Å². The summed E-state index contributed by atoms with van der Waals surface area (Å²) in [7, 11) is 0. The second-order valence-corrected chi connectivity index (χ2v) is 9.40. The molecule has 0 spiro atoms. The highest BCUT2D eigenvalue weighted by molar-refractivity contribution is 7.20. The SMILES string of the molecule is CCOC(=O)c1sc2ncnc(N3CCN(C(c4ccccc4)c4ccccc4)CC3)c2c1C. The Labute approximate surface area is 203 Å². The minimum Gasteiger partial charge on any atom is -0.462 e. The first-order chi connectivity index (χ1) is 16.7. The number of aromatic nitrogens is 2. The van der Waals surface area contributed by atoms with Gasteiger partial charge in [-0.05, 0) is 30.5 Å². The van der Waals surface area contributed by atoms with Crippen LogP contribution >= 0.6 is 11.3 Å². The van der Waals surface area contributed by atoms with Crippen molar-refractivity contribution in [2.45, 2.75) is 19.9 Å². The molecular weight excluding hydrogens is 444 g/mol. The van der Waals surface area contributed by atoms with Gasteiger partial charge in [0.2, 0.25) is 0 Å². The Kier molecular flexibility index (Phi) is 6.56. The minimum atomic E-state index is -0.285. The van der Waals surface area contributed by atoms with Crippen molar-refractivity contribution in [2.24, 2.45) is 0 Å². The van der Waals surface area contributed by atoms with Crippen molar-refractivity contribution in [1.82, 2.24) is 14.9 Å².